The summed E-state index contributed by atoms with van der Waals surface area (Å²) in [6.07, 6.45) is -3.34. The molecule has 0 amide bonds. The summed E-state index contributed by atoms with van der Waals surface area (Å²) in [5, 5.41) is -0.107. The van der Waals surface area contributed by atoms with Crippen LogP contribution in [0.2, 0.25) is 5.02 Å². The summed E-state index contributed by atoms with van der Waals surface area (Å²) in [7, 11) is -4.09. The van der Waals surface area contributed by atoms with Gasteiger partial charge in [0.1, 0.15) is 0 Å². The molecule has 0 atom stereocenters. The van der Waals surface area contributed by atoms with Gasteiger partial charge in [0, 0.05) is 0 Å². The third-order valence-electron chi connectivity index (χ3n) is 3.17. The molecular weight excluding hydrogens is 363 g/mol. The van der Waals surface area contributed by atoms with Gasteiger partial charge in [0.2, 0.25) is 0 Å². The van der Waals surface area contributed by atoms with Crippen molar-refractivity contribution in [1.29, 1.82) is 0 Å². The van der Waals surface area contributed by atoms with E-state index in [2.05, 4.69) is 6.58 Å². The first kappa shape index (κ1) is 18.4. The standard InChI is InChI=1S/C16H13ClF3NO2S/c1-2-10-21(24(22,23)13-6-4-3-5-7-13)15-11-12(16(18,19)20)8-9-14(15)17/h2-9,11H,1,10H2. The largest absolute Gasteiger partial charge is 0.416 e. The average Bonchev–Trinajstić information content (AvgIpc) is 2.53. The quantitative estimate of drug-likeness (QED) is 0.708. The van der Waals surface area contributed by atoms with E-state index in [0.29, 0.717) is 6.07 Å². The molecule has 0 aliphatic rings. The monoisotopic (exact) mass is 375 g/mol. The number of halogens is 4. The second-order valence-electron chi connectivity index (χ2n) is 4.80. The van der Waals surface area contributed by atoms with Crippen LogP contribution in [0, 0.1) is 0 Å². The van der Waals surface area contributed by atoms with Crippen LogP contribution in [-0.2, 0) is 16.2 Å². The highest BCUT2D eigenvalue weighted by molar-refractivity contribution is 7.92. The second kappa shape index (κ2) is 6.86. The molecule has 0 N–H and O–H groups in total. The minimum Gasteiger partial charge on any atom is -0.261 e. The zero-order valence-corrected chi connectivity index (χ0v) is 13.9. The Labute approximate surface area is 143 Å². The molecule has 0 fully saturated rings. The lowest BCUT2D eigenvalue weighted by Crippen LogP contribution is -2.31. The number of anilines is 1. The molecule has 0 spiro atoms. The molecule has 0 saturated carbocycles. The van der Waals surface area contributed by atoms with Crippen LogP contribution in [0.1, 0.15) is 5.56 Å². The Morgan fingerprint density at radius 3 is 2.29 bits per heavy atom. The van der Waals surface area contributed by atoms with E-state index in [-0.39, 0.29) is 22.2 Å². The van der Waals surface area contributed by atoms with Gasteiger partial charge in [0.25, 0.3) is 10.0 Å². The highest BCUT2D eigenvalue weighted by Gasteiger charge is 2.33. The van der Waals surface area contributed by atoms with E-state index < -0.39 is 21.8 Å². The molecule has 0 aromatic heterocycles. The summed E-state index contributed by atoms with van der Waals surface area (Å²) in [5.41, 5.74) is -1.24. The van der Waals surface area contributed by atoms with Crippen LogP contribution in [0.15, 0.2) is 66.1 Å². The third kappa shape index (κ3) is 3.73. The Kier molecular flexibility index (Phi) is 5.25. The summed E-state index contributed by atoms with van der Waals surface area (Å²) in [4.78, 5) is -0.0553. The normalized spacial score (nSPS) is 12.0. The number of benzene rings is 2. The molecule has 2 aromatic rings. The summed E-state index contributed by atoms with van der Waals surface area (Å²) >= 11 is 5.96. The van der Waals surface area contributed by atoms with Crippen LogP contribution in [0.3, 0.4) is 0 Å². The first-order valence-electron chi connectivity index (χ1n) is 6.73. The molecular formula is C16H13ClF3NO2S. The average molecular weight is 376 g/mol. The van der Waals surface area contributed by atoms with Crippen molar-refractivity contribution in [2.24, 2.45) is 0 Å². The Balaban J connectivity index is 2.62. The van der Waals surface area contributed by atoms with E-state index in [4.69, 9.17) is 11.6 Å². The lowest BCUT2D eigenvalue weighted by atomic mass is 10.2. The van der Waals surface area contributed by atoms with Gasteiger partial charge >= 0.3 is 6.18 Å². The van der Waals surface area contributed by atoms with Crippen molar-refractivity contribution in [1.82, 2.24) is 0 Å². The van der Waals surface area contributed by atoms with Gasteiger partial charge in [-0.15, -0.1) is 6.58 Å². The van der Waals surface area contributed by atoms with E-state index in [9.17, 15) is 21.6 Å². The first-order chi connectivity index (χ1) is 11.2. The highest BCUT2D eigenvalue weighted by atomic mass is 35.5. The van der Waals surface area contributed by atoms with Gasteiger partial charge in [0.15, 0.2) is 0 Å². The molecule has 128 valence electrons. The Morgan fingerprint density at radius 2 is 1.75 bits per heavy atom. The van der Waals surface area contributed by atoms with Crippen LogP contribution in [0.4, 0.5) is 18.9 Å². The molecule has 0 aliphatic carbocycles. The highest BCUT2D eigenvalue weighted by Crippen LogP contribution is 2.37. The number of hydrogen-bond acceptors (Lipinski definition) is 2. The maximum Gasteiger partial charge on any atom is 0.416 e. The van der Waals surface area contributed by atoms with E-state index in [1.807, 2.05) is 0 Å². The van der Waals surface area contributed by atoms with Crippen LogP contribution in [-0.4, -0.2) is 15.0 Å². The fourth-order valence-corrected chi connectivity index (χ4v) is 3.78. The number of alkyl halides is 3. The SMILES string of the molecule is C=CCN(c1cc(C(F)(F)F)ccc1Cl)S(=O)(=O)c1ccccc1. The minimum atomic E-state index is -4.62. The lowest BCUT2D eigenvalue weighted by molar-refractivity contribution is -0.137. The van der Waals surface area contributed by atoms with Gasteiger partial charge in [-0.1, -0.05) is 35.9 Å². The zero-order valence-electron chi connectivity index (χ0n) is 12.3. The van der Waals surface area contributed by atoms with E-state index in [1.165, 1.54) is 30.3 Å². The van der Waals surface area contributed by atoms with Gasteiger partial charge in [-0.25, -0.2) is 8.42 Å². The molecule has 0 radical (unpaired) electrons. The molecule has 0 saturated heterocycles. The van der Waals surface area contributed by atoms with Crippen molar-refractivity contribution < 1.29 is 21.6 Å². The summed E-state index contributed by atoms with van der Waals surface area (Å²) in [6.45, 7) is 3.24. The molecule has 24 heavy (non-hydrogen) atoms. The van der Waals surface area contributed by atoms with Gasteiger partial charge < -0.3 is 0 Å². The van der Waals surface area contributed by atoms with Gasteiger partial charge in [-0.05, 0) is 30.3 Å². The first-order valence-corrected chi connectivity index (χ1v) is 8.55. The number of rotatable bonds is 5. The van der Waals surface area contributed by atoms with Crippen molar-refractivity contribution >= 4 is 27.3 Å². The molecule has 0 heterocycles. The molecule has 0 unspecified atom stereocenters. The summed E-state index contributed by atoms with van der Waals surface area (Å²) in [5.74, 6) is 0. The Morgan fingerprint density at radius 1 is 1.12 bits per heavy atom. The van der Waals surface area contributed by atoms with Crippen molar-refractivity contribution in [2.45, 2.75) is 11.1 Å². The lowest BCUT2D eigenvalue weighted by Gasteiger charge is -2.25. The zero-order chi connectivity index (χ0) is 18.0. The number of hydrogen-bond donors (Lipinski definition) is 0. The third-order valence-corrected chi connectivity index (χ3v) is 5.28. The molecule has 8 heteroatoms. The van der Waals surface area contributed by atoms with E-state index in [1.54, 1.807) is 6.07 Å². The van der Waals surface area contributed by atoms with E-state index in [0.717, 1.165) is 16.4 Å². The molecule has 0 aliphatic heterocycles. The summed E-state index contributed by atoms with van der Waals surface area (Å²) in [6, 6.07) is 9.92. The van der Waals surface area contributed by atoms with Gasteiger partial charge in [0.05, 0.1) is 27.7 Å². The predicted molar refractivity (Wildman–Crippen MR) is 87.6 cm³/mol. The molecule has 2 rings (SSSR count). The second-order valence-corrected chi connectivity index (χ2v) is 7.07. The fourth-order valence-electron chi connectivity index (χ4n) is 2.04. The molecule has 0 bridgehead atoms. The van der Waals surface area contributed by atoms with E-state index >= 15 is 0 Å². The van der Waals surface area contributed by atoms with Gasteiger partial charge in [-0.3, -0.25) is 4.31 Å². The van der Waals surface area contributed by atoms with Gasteiger partial charge in [-0.2, -0.15) is 13.2 Å². The molecule has 3 nitrogen and oxygen atoms in total. The smallest absolute Gasteiger partial charge is 0.261 e. The maximum absolute atomic E-state index is 12.9. The number of sulfonamides is 1. The van der Waals surface area contributed by atoms with Crippen LogP contribution in [0.5, 0.6) is 0 Å². The molecule has 2 aromatic carbocycles. The van der Waals surface area contributed by atoms with Crippen molar-refractivity contribution in [3.8, 4) is 0 Å². The van der Waals surface area contributed by atoms with Crippen LogP contribution in [0.25, 0.3) is 0 Å². The predicted octanol–water partition coefficient (Wildman–Crippen LogP) is 4.74. The Hall–Kier alpha value is -1.99. The van der Waals surface area contributed by atoms with Crippen LogP contribution >= 0.6 is 11.6 Å². The fraction of sp³-hybridized carbons (Fsp3) is 0.125. The maximum atomic E-state index is 12.9. The van der Waals surface area contributed by atoms with Crippen molar-refractivity contribution in [3.05, 3.63) is 71.8 Å². The Bertz CT molecular complexity index is 836. The number of nitrogens with zero attached hydrogens (tertiary/aromatic N) is 1. The minimum absolute atomic E-state index is 0.0553. The topological polar surface area (TPSA) is 37.4 Å². The van der Waals surface area contributed by atoms with Crippen molar-refractivity contribution in [2.75, 3.05) is 10.8 Å². The summed E-state index contributed by atoms with van der Waals surface area (Å²) < 4.78 is 65.2. The van der Waals surface area contributed by atoms with Crippen LogP contribution < -0.4 is 4.31 Å². The van der Waals surface area contributed by atoms with Crippen molar-refractivity contribution in [3.63, 3.8) is 0 Å².